The molecule has 0 aliphatic carbocycles. The van der Waals surface area contributed by atoms with E-state index in [0.29, 0.717) is 19.6 Å². The van der Waals surface area contributed by atoms with Crippen LogP contribution in [0.25, 0.3) is 0 Å². The number of hydrogen-bond donors (Lipinski definition) is 1. The second kappa shape index (κ2) is 8.22. The van der Waals surface area contributed by atoms with E-state index in [2.05, 4.69) is 12.1 Å². The molecular formula is C18H21NO2. The van der Waals surface area contributed by atoms with Gasteiger partial charge >= 0.3 is 5.97 Å². The number of aryl methyl sites for hydroxylation is 1. The van der Waals surface area contributed by atoms with Gasteiger partial charge in [0.05, 0.1) is 13.0 Å². The molecule has 0 amide bonds. The van der Waals surface area contributed by atoms with Gasteiger partial charge in [0.15, 0.2) is 0 Å². The summed E-state index contributed by atoms with van der Waals surface area (Å²) in [6, 6.07) is 17.9. The number of carbonyl (C=O) groups excluding carboxylic acids is 1. The van der Waals surface area contributed by atoms with Crippen LogP contribution >= 0.6 is 0 Å². The molecule has 0 fully saturated rings. The second-order valence-electron chi connectivity index (χ2n) is 4.96. The number of nitrogens with two attached hydrogens (primary N) is 1. The minimum atomic E-state index is -0.191. The first-order chi connectivity index (χ1) is 10.3. The van der Waals surface area contributed by atoms with E-state index in [-0.39, 0.29) is 5.97 Å². The molecule has 0 aliphatic heterocycles. The van der Waals surface area contributed by atoms with Gasteiger partial charge in [0.25, 0.3) is 0 Å². The van der Waals surface area contributed by atoms with Crippen LogP contribution in [0.3, 0.4) is 0 Å². The average molecular weight is 283 g/mol. The van der Waals surface area contributed by atoms with E-state index in [1.54, 1.807) is 0 Å². The van der Waals surface area contributed by atoms with E-state index in [4.69, 9.17) is 10.5 Å². The normalized spacial score (nSPS) is 10.3. The van der Waals surface area contributed by atoms with Crippen molar-refractivity contribution in [3.63, 3.8) is 0 Å². The molecule has 2 rings (SSSR count). The van der Waals surface area contributed by atoms with E-state index in [1.807, 2.05) is 42.5 Å². The Bertz CT molecular complexity index is 566. The monoisotopic (exact) mass is 283 g/mol. The number of esters is 1. The number of benzene rings is 2. The lowest BCUT2D eigenvalue weighted by atomic mass is 10.1. The molecule has 0 radical (unpaired) electrons. The molecule has 0 aliphatic rings. The Labute approximate surface area is 125 Å². The van der Waals surface area contributed by atoms with Crippen molar-refractivity contribution in [1.29, 1.82) is 0 Å². The van der Waals surface area contributed by atoms with Crippen LogP contribution in [0.2, 0.25) is 0 Å². The molecule has 0 spiro atoms. The SMILES string of the molecule is NCc1ccccc1CC(=O)OCCCc1ccccc1. The fourth-order valence-corrected chi connectivity index (χ4v) is 2.24. The van der Waals surface area contributed by atoms with Crippen LogP contribution in [0.5, 0.6) is 0 Å². The highest BCUT2D eigenvalue weighted by Gasteiger charge is 2.07. The smallest absolute Gasteiger partial charge is 0.310 e. The third-order valence-electron chi connectivity index (χ3n) is 3.39. The Morgan fingerprint density at radius 1 is 0.952 bits per heavy atom. The predicted molar refractivity (Wildman–Crippen MR) is 83.8 cm³/mol. The largest absolute Gasteiger partial charge is 0.465 e. The van der Waals surface area contributed by atoms with Gasteiger partial charge in [-0.15, -0.1) is 0 Å². The lowest BCUT2D eigenvalue weighted by Crippen LogP contribution is -2.12. The molecule has 0 bridgehead atoms. The van der Waals surface area contributed by atoms with Crippen molar-refractivity contribution in [2.24, 2.45) is 5.73 Å². The summed E-state index contributed by atoms with van der Waals surface area (Å²) >= 11 is 0. The molecule has 0 saturated carbocycles. The van der Waals surface area contributed by atoms with E-state index in [9.17, 15) is 4.79 Å². The van der Waals surface area contributed by atoms with Gasteiger partial charge in [-0.1, -0.05) is 54.6 Å². The molecule has 2 aromatic rings. The van der Waals surface area contributed by atoms with Gasteiger partial charge < -0.3 is 10.5 Å². The van der Waals surface area contributed by atoms with E-state index < -0.39 is 0 Å². The topological polar surface area (TPSA) is 52.3 Å². The van der Waals surface area contributed by atoms with Crippen LogP contribution in [0, 0.1) is 0 Å². The molecular weight excluding hydrogens is 262 g/mol. The Kier molecular flexibility index (Phi) is 5.98. The Balaban J connectivity index is 1.72. The lowest BCUT2D eigenvalue weighted by molar-refractivity contribution is -0.142. The van der Waals surface area contributed by atoms with Crippen molar-refractivity contribution in [2.45, 2.75) is 25.8 Å². The zero-order valence-corrected chi connectivity index (χ0v) is 12.1. The molecule has 0 atom stereocenters. The number of hydrogen-bond acceptors (Lipinski definition) is 3. The molecule has 2 aromatic carbocycles. The van der Waals surface area contributed by atoms with Crippen LogP contribution in [-0.4, -0.2) is 12.6 Å². The van der Waals surface area contributed by atoms with Crippen LogP contribution in [-0.2, 0) is 28.9 Å². The number of rotatable bonds is 7. The quantitative estimate of drug-likeness (QED) is 0.628. The zero-order chi connectivity index (χ0) is 14.9. The molecule has 21 heavy (non-hydrogen) atoms. The Morgan fingerprint density at radius 2 is 1.62 bits per heavy atom. The van der Waals surface area contributed by atoms with Crippen molar-refractivity contribution >= 4 is 5.97 Å². The van der Waals surface area contributed by atoms with Gasteiger partial charge in [0.1, 0.15) is 0 Å². The van der Waals surface area contributed by atoms with Crippen LogP contribution in [0.4, 0.5) is 0 Å². The standard InChI is InChI=1S/C18H21NO2/c19-14-17-11-5-4-10-16(17)13-18(20)21-12-6-9-15-7-2-1-3-8-15/h1-5,7-8,10-11H,6,9,12-14,19H2. The zero-order valence-electron chi connectivity index (χ0n) is 12.1. The van der Waals surface area contributed by atoms with Crippen molar-refractivity contribution < 1.29 is 9.53 Å². The first kappa shape index (κ1) is 15.3. The average Bonchev–Trinajstić information content (AvgIpc) is 2.53. The molecule has 0 aromatic heterocycles. The second-order valence-corrected chi connectivity index (χ2v) is 4.96. The highest BCUT2D eigenvalue weighted by Crippen LogP contribution is 2.10. The summed E-state index contributed by atoms with van der Waals surface area (Å²) in [6.07, 6.45) is 2.06. The van der Waals surface area contributed by atoms with Crippen LogP contribution in [0.15, 0.2) is 54.6 Å². The van der Waals surface area contributed by atoms with Crippen LogP contribution < -0.4 is 5.73 Å². The molecule has 3 nitrogen and oxygen atoms in total. The van der Waals surface area contributed by atoms with Gasteiger partial charge in [-0.25, -0.2) is 0 Å². The molecule has 0 heterocycles. The van der Waals surface area contributed by atoms with E-state index in [0.717, 1.165) is 24.0 Å². The van der Waals surface area contributed by atoms with E-state index >= 15 is 0 Å². The molecule has 0 unspecified atom stereocenters. The fraction of sp³-hybridized carbons (Fsp3) is 0.278. The van der Waals surface area contributed by atoms with Crippen molar-refractivity contribution in [3.05, 3.63) is 71.3 Å². The number of carbonyl (C=O) groups is 1. The van der Waals surface area contributed by atoms with Crippen molar-refractivity contribution in [3.8, 4) is 0 Å². The summed E-state index contributed by atoms with van der Waals surface area (Å²) in [5.74, 6) is -0.191. The maximum atomic E-state index is 11.8. The van der Waals surface area contributed by atoms with Gasteiger partial charge in [0, 0.05) is 6.54 Å². The summed E-state index contributed by atoms with van der Waals surface area (Å²) in [6.45, 7) is 0.899. The molecule has 0 saturated heterocycles. The fourth-order valence-electron chi connectivity index (χ4n) is 2.24. The molecule has 3 heteroatoms. The minimum absolute atomic E-state index is 0.191. The maximum Gasteiger partial charge on any atom is 0.310 e. The first-order valence-corrected chi connectivity index (χ1v) is 7.26. The lowest BCUT2D eigenvalue weighted by Gasteiger charge is -2.08. The highest BCUT2D eigenvalue weighted by atomic mass is 16.5. The third-order valence-corrected chi connectivity index (χ3v) is 3.39. The van der Waals surface area contributed by atoms with Crippen LogP contribution in [0.1, 0.15) is 23.1 Å². The van der Waals surface area contributed by atoms with Gasteiger partial charge in [0.2, 0.25) is 0 Å². The summed E-state index contributed by atoms with van der Waals surface area (Å²) in [4.78, 5) is 11.8. The molecule has 110 valence electrons. The summed E-state index contributed by atoms with van der Waals surface area (Å²) in [7, 11) is 0. The van der Waals surface area contributed by atoms with Crippen molar-refractivity contribution in [2.75, 3.05) is 6.61 Å². The summed E-state index contributed by atoms with van der Waals surface area (Å²) < 4.78 is 5.29. The number of ether oxygens (including phenoxy) is 1. The van der Waals surface area contributed by atoms with Crippen molar-refractivity contribution in [1.82, 2.24) is 0 Å². The molecule has 2 N–H and O–H groups in total. The van der Waals surface area contributed by atoms with Gasteiger partial charge in [-0.05, 0) is 29.5 Å². The Morgan fingerprint density at radius 3 is 2.33 bits per heavy atom. The third kappa shape index (κ3) is 5.04. The predicted octanol–water partition coefficient (Wildman–Crippen LogP) is 2.86. The summed E-state index contributed by atoms with van der Waals surface area (Å²) in [5, 5.41) is 0. The highest BCUT2D eigenvalue weighted by molar-refractivity contribution is 5.73. The Hall–Kier alpha value is -2.13. The summed E-state index contributed by atoms with van der Waals surface area (Å²) in [5.41, 5.74) is 8.88. The van der Waals surface area contributed by atoms with Gasteiger partial charge in [-0.3, -0.25) is 4.79 Å². The minimum Gasteiger partial charge on any atom is -0.465 e. The van der Waals surface area contributed by atoms with E-state index in [1.165, 1.54) is 5.56 Å². The van der Waals surface area contributed by atoms with Gasteiger partial charge in [-0.2, -0.15) is 0 Å². The maximum absolute atomic E-state index is 11.8. The first-order valence-electron chi connectivity index (χ1n) is 7.26.